The van der Waals surface area contributed by atoms with Crippen LogP contribution in [0.25, 0.3) is 33.3 Å². The Kier molecular flexibility index (Phi) is 2.95. The average Bonchev–Trinajstić information content (AvgIpc) is 2.95. The van der Waals surface area contributed by atoms with E-state index >= 15 is 0 Å². The fourth-order valence-electron chi connectivity index (χ4n) is 2.81. The summed E-state index contributed by atoms with van der Waals surface area (Å²) in [6, 6.07) is 6.55. The largest absolute Gasteiger partial charge is 0.507 e. The first-order valence-corrected chi connectivity index (χ1v) is 7.31. The lowest BCUT2D eigenvalue weighted by Crippen LogP contribution is -2.03. The molecule has 2 heterocycles. The van der Waals surface area contributed by atoms with Gasteiger partial charge in [0.2, 0.25) is 11.2 Å². The summed E-state index contributed by atoms with van der Waals surface area (Å²) in [5, 5.41) is 39.8. The number of phenols is 3. The molecular weight excluding hydrogens is 328 g/mol. The molecule has 0 amide bonds. The van der Waals surface area contributed by atoms with E-state index in [-0.39, 0.29) is 39.4 Å². The zero-order chi connectivity index (χ0) is 17.9. The third-order valence-electron chi connectivity index (χ3n) is 3.98. The van der Waals surface area contributed by atoms with E-state index in [1.807, 2.05) is 0 Å². The van der Waals surface area contributed by atoms with Gasteiger partial charge in [-0.05, 0) is 31.2 Å². The first kappa shape index (κ1) is 14.9. The maximum Gasteiger partial charge on any atom is 0.238 e. The lowest BCUT2D eigenvalue weighted by molar-refractivity contribution is 0.403. The number of aryl methyl sites for hydroxylation is 1. The van der Waals surface area contributed by atoms with Crippen LogP contribution in [0.5, 0.6) is 23.0 Å². The van der Waals surface area contributed by atoms with Crippen molar-refractivity contribution in [2.75, 3.05) is 0 Å². The summed E-state index contributed by atoms with van der Waals surface area (Å²) in [6.07, 6.45) is 0. The standard InChI is InChI=1S/C18H12O7/c1-7-4-9-11(20)6-13-14(18(9)24-7)15(22)16(23)17(25-13)8-2-3-10(19)12(21)5-8/h2-6,19-21,23H,1H3. The lowest BCUT2D eigenvalue weighted by atomic mass is 10.1. The van der Waals surface area contributed by atoms with Crippen molar-refractivity contribution in [1.29, 1.82) is 0 Å². The molecule has 0 spiro atoms. The third-order valence-corrected chi connectivity index (χ3v) is 3.98. The monoisotopic (exact) mass is 340 g/mol. The smallest absolute Gasteiger partial charge is 0.238 e. The van der Waals surface area contributed by atoms with E-state index < -0.39 is 16.9 Å². The maximum absolute atomic E-state index is 12.6. The van der Waals surface area contributed by atoms with Crippen LogP contribution in [-0.4, -0.2) is 20.4 Å². The van der Waals surface area contributed by atoms with Gasteiger partial charge < -0.3 is 29.3 Å². The molecule has 7 heteroatoms. The normalized spacial score (nSPS) is 11.4. The zero-order valence-corrected chi connectivity index (χ0v) is 12.9. The van der Waals surface area contributed by atoms with Crippen LogP contribution in [0.15, 0.2) is 44.0 Å². The number of furan rings is 1. The SMILES string of the molecule is Cc1cc2c(O)cc3oc(-c4ccc(O)c(O)c4)c(O)c(=O)c3c2o1. The highest BCUT2D eigenvalue weighted by Crippen LogP contribution is 2.39. The Hall–Kier alpha value is -3.61. The van der Waals surface area contributed by atoms with Crippen LogP contribution in [0.1, 0.15) is 5.76 Å². The van der Waals surface area contributed by atoms with Crippen LogP contribution in [0, 0.1) is 6.92 Å². The van der Waals surface area contributed by atoms with Crippen LogP contribution in [0.3, 0.4) is 0 Å². The minimum Gasteiger partial charge on any atom is -0.507 e. The summed E-state index contributed by atoms with van der Waals surface area (Å²) in [5.41, 5.74) is -0.411. The molecule has 0 aliphatic heterocycles. The van der Waals surface area contributed by atoms with Crippen molar-refractivity contribution in [1.82, 2.24) is 0 Å². The summed E-state index contributed by atoms with van der Waals surface area (Å²) >= 11 is 0. The lowest BCUT2D eigenvalue weighted by Gasteiger charge is -2.08. The van der Waals surface area contributed by atoms with Crippen molar-refractivity contribution in [3.8, 4) is 34.3 Å². The number of hydrogen-bond acceptors (Lipinski definition) is 7. The van der Waals surface area contributed by atoms with E-state index in [2.05, 4.69) is 0 Å². The Morgan fingerprint density at radius 1 is 0.880 bits per heavy atom. The molecular formula is C18H12O7. The zero-order valence-electron chi connectivity index (χ0n) is 12.9. The van der Waals surface area contributed by atoms with Gasteiger partial charge in [0, 0.05) is 11.6 Å². The summed E-state index contributed by atoms with van der Waals surface area (Å²) in [4.78, 5) is 12.6. The quantitative estimate of drug-likeness (QED) is 0.392. The number of rotatable bonds is 1. The van der Waals surface area contributed by atoms with Crippen molar-refractivity contribution in [3.05, 3.63) is 46.3 Å². The summed E-state index contributed by atoms with van der Waals surface area (Å²) in [6.45, 7) is 1.67. The molecule has 4 N–H and O–H groups in total. The number of hydrogen-bond donors (Lipinski definition) is 4. The second kappa shape index (κ2) is 4.94. The fourth-order valence-corrected chi connectivity index (χ4v) is 2.81. The highest BCUT2D eigenvalue weighted by atomic mass is 16.4. The summed E-state index contributed by atoms with van der Waals surface area (Å²) in [5.74, 6) is -1.29. The molecule has 4 aromatic rings. The van der Waals surface area contributed by atoms with Crippen molar-refractivity contribution < 1.29 is 29.3 Å². The predicted octanol–water partition coefficient (Wildman–Crippen LogP) is 3.34. The van der Waals surface area contributed by atoms with E-state index in [0.29, 0.717) is 11.1 Å². The fraction of sp³-hybridized carbons (Fsp3) is 0.0556. The van der Waals surface area contributed by atoms with Crippen LogP contribution < -0.4 is 5.43 Å². The van der Waals surface area contributed by atoms with Gasteiger partial charge in [-0.1, -0.05) is 0 Å². The molecule has 25 heavy (non-hydrogen) atoms. The molecule has 0 radical (unpaired) electrons. The summed E-state index contributed by atoms with van der Waals surface area (Å²) < 4.78 is 11.1. The molecule has 0 fully saturated rings. The topological polar surface area (TPSA) is 124 Å². The van der Waals surface area contributed by atoms with E-state index in [1.165, 1.54) is 18.2 Å². The predicted molar refractivity (Wildman–Crippen MR) is 89.1 cm³/mol. The maximum atomic E-state index is 12.6. The van der Waals surface area contributed by atoms with Gasteiger partial charge >= 0.3 is 0 Å². The number of fused-ring (bicyclic) bond motifs is 3. The Balaban J connectivity index is 2.12. The van der Waals surface area contributed by atoms with Crippen LogP contribution in [0.4, 0.5) is 0 Å². The first-order chi connectivity index (χ1) is 11.9. The number of benzene rings is 2. The van der Waals surface area contributed by atoms with Crippen molar-refractivity contribution >= 4 is 21.9 Å². The van der Waals surface area contributed by atoms with Gasteiger partial charge in [0.1, 0.15) is 22.5 Å². The van der Waals surface area contributed by atoms with E-state index in [1.54, 1.807) is 13.0 Å². The molecule has 126 valence electrons. The number of aromatic hydroxyl groups is 4. The average molecular weight is 340 g/mol. The van der Waals surface area contributed by atoms with Crippen molar-refractivity contribution in [3.63, 3.8) is 0 Å². The van der Waals surface area contributed by atoms with E-state index in [4.69, 9.17) is 8.83 Å². The van der Waals surface area contributed by atoms with Crippen molar-refractivity contribution in [2.45, 2.75) is 6.92 Å². The molecule has 2 aromatic carbocycles. The highest BCUT2D eigenvalue weighted by molar-refractivity contribution is 6.06. The van der Waals surface area contributed by atoms with Gasteiger partial charge in [-0.3, -0.25) is 4.79 Å². The van der Waals surface area contributed by atoms with Gasteiger partial charge in [0.25, 0.3) is 0 Å². The van der Waals surface area contributed by atoms with Crippen molar-refractivity contribution in [2.24, 2.45) is 0 Å². The van der Waals surface area contributed by atoms with Crippen LogP contribution >= 0.6 is 0 Å². The van der Waals surface area contributed by atoms with Gasteiger partial charge in [-0.25, -0.2) is 0 Å². The summed E-state index contributed by atoms with van der Waals surface area (Å²) in [7, 11) is 0. The second-order valence-electron chi connectivity index (χ2n) is 5.68. The minimum absolute atomic E-state index is 0.00477. The second-order valence-corrected chi connectivity index (χ2v) is 5.68. The molecule has 2 aromatic heterocycles. The molecule has 0 saturated carbocycles. The third kappa shape index (κ3) is 2.09. The Labute approximate surface area is 139 Å². The molecule has 4 rings (SSSR count). The van der Waals surface area contributed by atoms with Gasteiger partial charge in [-0.2, -0.15) is 0 Å². The molecule has 0 aliphatic rings. The molecule has 0 bridgehead atoms. The van der Waals surface area contributed by atoms with Gasteiger partial charge in [0.15, 0.2) is 22.8 Å². The molecule has 0 aliphatic carbocycles. The molecule has 7 nitrogen and oxygen atoms in total. The Morgan fingerprint density at radius 2 is 1.64 bits per heavy atom. The highest BCUT2D eigenvalue weighted by Gasteiger charge is 2.21. The van der Waals surface area contributed by atoms with E-state index in [9.17, 15) is 25.2 Å². The Morgan fingerprint density at radius 3 is 2.36 bits per heavy atom. The van der Waals surface area contributed by atoms with Gasteiger partial charge in [-0.15, -0.1) is 0 Å². The molecule has 0 unspecified atom stereocenters. The number of phenolic OH excluding ortho intramolecular Hbond substituents is 3. The van der Waals surface area contributed by atoms with Crippen LogP contribution in [0.2, 0.25) is 0 Å². The molecule has 0 saturated heterocycles. The molecule has 0 atom stereocenters. The van der Waals surface area contributed by atoms with Gasteiger partial charge in [0.05, 0.1) is 5.39 Å². The Bertz CT molecular complexity index is 1210. The van der Waals surface area contributed by atoms with E-state index in [0.717, 1.165) is 6.07 Å². The minimum atomic E-state index is -0.733. The first-order valence-electron chi connectivity index (χ1n) is 7.31. The van der Waals surface area contributed by atoms with Crippen LogP contribution in [-0.2, 0) is 0 Å².